The van der Waals surface area contributed by atoms with E-state index in [4.69, 9.17) is 11.6 Å². The first-order valence-electron chi connectivity index (χ1n) is 7.48. The van der Waals surface area contributed by atoms with Crippen molar-refractivity contribution in [3.8, 4) is 0 Å². The maximum absolute atomic E-state index is 6.54. The van der Waals surface area contributed by atoms with E-state index >= 15 is 0 Å². The first kappa shape index (κ1) is 15.0. The molecule has 1 N–H and O–H groups in total. The maximum atomic E-state index is 6.54. The van der Waals surface area contributed by atoms with Crippen LogP contribution in [0.5, 0.6) is 0 Å². The molecule has 0 spiro atoms. The van der Waals surface area contributed by atoms with E-state index in [1.54, 1.807) is 0 Å². The molecule has 0 bridgehead atoms. The highest BCUT2D eigenvalue weighted by Gasteiger charge is 2.19. The van der Waals surface area contributed by atoms with Gasteiger partial charge in [-0.1, -0.05) is 35.9 Å². The lowest BCUT2D eigenvalue weighted by Gasteiger charge is -2.20. The fourth-order valence-electron chi connectivity index (χ4n) is 2.97. The predicted octanol–water partition coefficient (Wildman–Crippen LogP) is 4.88. The number of hydrogen-bond acceptors (Lipinski definition) is 2. The van der Waals surface area contributed by atoms with Crippen molar-refractivity contribution in [2.45, 2.75) is 29.9 Å². The van der Waals surface area contributed by atoms with Crippen LogP contribution in [-0.4, -0.2) is 13.1 Å². The zero-order valence-electron chi connectivity index (χ0n) is 12.2. The largest absolute Gasteiger partial charge is 0.316 e. The Kier molecular flexibility index (Phi) is 4.89. The molecule has 0 aromatic heterocycles. The van der Waals surface area contributed by atoms with Crippen LogP contribution in [0.1, 0.15) is 28.9 Å². The Bertz CT molecular complexity index is 612. The molecule has 3 rings (SSSR count). The van der Waals surface area contributed by atoms with Crippen LogP contribution in [0.3, 0.4) is 0 Å². The van der Waals surface area contributed by atoms with E-state index in [9.17, 15) is 0 Å². The van der Waals surface area contributed by atoms with Crippen LogP contribution in [0.25, 0.3) is 0 Å². The Morgan fingerprint density at radius 1 is 1.05 bits per heavy atom. The first-order chi connectivity index (χ1) is 10.3. The molecule has 0 saturated heterocycles. The monoisotopic (exact) mass is 317 g/mol. The second-order valence-corrected chi connectivity index (χ2v) is 7.24. The van der Waals surface area contributed by atoms with Gasteiger partial charge in [0.15, 0.2) is 0 Å². The molecule has 3 heteroatoms. The van der Waals surface area contributed by atoms with E-state index < -0.39 is 0 Å². The third kappa shape index (κ3) is 3.45. The quantitative estimate of drug-likeness (QED) is 0.810. The Balaban J connectivity index is 1.93. The fraction of sp³-hybridized carbons (Fsp3) is 0.333. The van der Waals surface area contributed by atoms with Gasteiger partial charge in [0.2, 0.25) is 0 Å². The van der Waals surface area contributed by atoms with Crippen LogP contribution in [0, 0.1) is 0 Å². The van der Waals surface area contributed by atoms with E-state index in [1.165, 1.54) is 21.6 Å². The maximum Gasteiger partial charge on any atom is 0.0452 e. The second kappa shape index (κ2) is 6.87. The summed E-state index contributed by atoms with van der Waals surface area (Å²) in [6.07, 6.45) is 2.17. The van der Waals surface area contributed by atoms with Crippen LogP contribution < -0.4 is 5.32 Å². The van der Waals surface area contributed by atoms with Crippen molar-refractivity contribution in [3.63, 3.8) is 0 Å². The molecule has 0 fully saturated rings. The van der Waals surface area contributed by atoms with E-state index in [0.29, 0.717) is 5.25 Å². The number of hydrogen-bond donors (Lipinski definition) is 1. The van der Waals surface area contributed by atoms with Crippen LogP contribution in [-0.2, 0) is 12.8 Å². The van der Waals surface area contributed by atoms with Gasteiger partial charge in [0.1, 0.15) is 0 Å². The molecule has 21 heavy (non-hydrogen) atoms. The molecule has 0 aliphatic carbocycles. The summed E-state index contributed by atoms with van der Waals surface area (Å²) in [6.45, 7) is 4.37. The summed E-state index contributed by atoms with van der Waals surface area (Å²) in [5, 5.41) is 4.76. The number of halogens is 1. The summed E-state index contributed by atoms with van der Waals surface area (Å²) in [5.74, 6) is 0. The zero-order chi connectivity index (χ0) is 14.7. The topological polar surface area (TPSA) is 12.0 Å². The molecule has 1 unspecified atom stereocenters. The summed E-state index contributed by atoms with van der Waals surface area (Å²) < 4.78 is 0. The summed E-state index contributed by atoms with van der Waals surface area (Å²) in [7, 11) is 0. The number of benzene rings is 2. The molecule has 1 nitrogen and oxygen atoms in total. The molecule has 0 saturated carbocycles. The van der Waals surface area contributed by atoms with Crippen LogP contribution in [0.15, 0.2) is 47.4 Å². The van der Waals surface area contributed by atoms with Gasteiger partial charge >= 0.3 is 0 Å². The fourth-order valence-corrected chi connectivity index (χ4v) is 4.49. The van der Waals surface area contributed by atoms with E-state index in [-0.39, 0.29) is 0 Å². The highest BCUT2D eigenvalue weighted by atomic mass is 35.5. The lowest BCUT2D eigenvalue weighted by Crippen LogP contribution is -2.16. The van der Waals surface area contributed by atoms with Crippen molar-refractivity contribution in [2.75, 3.05) is 13.1 Å². The predicted molar refractivity (Wildman–Crippen MR) is 92.4 cm³/mol. The highest BCUT2D eigenvalue weighted by Crippen LogP contribution is 2.41. The molecule has 1 aliphatic heterocycles. The summed E-state index contributed by atoms with van der Waals surface area (Å²) >= 11 is 8.43. The number of thioether (sulfide) groups is 1. The Morgan fingerprint density at radius 2 is 1.81 bits per heavy atom. The molecule has 2 aromatic rings. The third-order valence-electron chi connectivity index (χ3n) is 3.99. The third-order valence-corrected chi connectivity index (χ3v) is 5.45. The minimum Gasteiger partial charge on any atom is -0.316 e. The van der Waals surface area contributed by atoms with E-state index in [0.717, 1.165) is 31.0 Å². The van der Waals surface area contributed by atoms with Gasteiger partial charge < -0.3 is 5.32 Å². The lowest BCUT2D eigenvalue weighted by molar-refractivity contribution is 0.710. The molecule has 0 amide bonds. The second-order valence-electron chi connectivity index (χ2n) is 5.42. The average molecular weight is 318 g/mol. The normalized spacial score (nSPS) is 16.1. The van der Waals surface area contributed by atoms with Gasteiger partial charge in [-0.25, -0.2) is 0 Å². The molecular formula is C18H20ClNS. The molecule has 1 heterocycles. The number of rotatable bonds is 3. The van der Waals surface area contributed by atoms with Gasteiger partial charge in [-0.2, -0.15) is 0 Å². The number of fused-ring (bicyclic) bond motifs is 1. The zero-order valence-corrected chi connectivity index (χ0v) is 13.8. The van der Waals surface area contributed by atoms with Gasteiger partial charge in [-0.3, -0.25) is 0 Å². The van der Waals surface area contributed by atoms with Crippen LogP contribution in [0.2, 0.25) is 5.02 Å². The van der Waals surface area contributed by atoms with Crippen molar-refractivity contribution in [3.05, 3.63) is 64.2 Å². The molecular weight excluding hydrogens is 298 g/mol. The van der Waals surface area contributed by atoms with E-state index in [2.05, 4.69) is 54.7 Å². The van der Waals surface area contributed by atoms with Crippen molar-refractivity contribution in [2.24, 2.45) is 0 Å². The van der Waals surface area contributed by atoms with Gasteiger partial charge in [0.25, 0.3) is 0 Å². The number of nitrogens with one attached hydrogen (secondary N) is 1. The molecule has 1 aliphatic rings. The van der Waals surface area contributed by atoms with Crippen molar-refractivity contribution >= 4 is 23.4 Å². The SMILES string of the molecule is CC(Sc1ccccc1)c1c(Cl)ccc2c1CCNCC2. The van der Waals surface area contributed by atoms with Crippen molar-refractivity contribution < 1.29 is 0 Å². The van der Waals surface area contributed by atoms with Gasteiger partial charge in [-0.05, 0) is 67.7 Å². The van der Waals surface area contributed by atoms with Crippen molar-refractivity contribution in [1.29, 1.82) is 0 Å². The van der Waals surface area contributed by atoms with Crippen LogP contribution in [0.4, 0.5) is 0 Å². The molecule has 0 radical (unpaired) electrons. The minimum atomic E-state index is 0.368. The smallest absolute Gasteiger partial charge is 0.0452 e. The van der Waals surface area contributed by atoms with Gasteiger partial charge in [0.05, 0.1) is 0 Å². The lowest BCUT2D eigenvalue weighted by atomic mass is 9.95. The van der Waals surface area contributed by atoms with Crippen molar-refractivity contribution in [1.82, 2.24) is 5.32 Å². The summed E-state index contributed by atoms with van der Waals surface area (Å²) in [6, 6.07) is 14.8. The Morgan fingerprint density at radius 3 is 2.62 bits per heavy atom. The van der Waals surface area contributed by atoms with Gasteiger partial charge in [-0.15, -0.1) is 11.8 Å². The molecule has 2 aromatic carbocycles. The molecule has 110 valence electrons. The summed E-state index contributed by atoms with van der Waals surface area (Å²) in [4.78, 5) is 1.30. The minimum absolute atomic E-state index is 0.368. The Hall–Kier alpha value is -0.960. The Labute approximate surface area is 136 Å². The average Bonchev–Trinajstić information content (AvgIpc) is 2.73. The standard InChI is InChI=1S/C18H20ClNS/c1-13(21-15-5-3-2-4-6-15)18-16-10-12-20-11-9-14(16)7-8-17(18)19/h2-8,13,20H,9-12H2,1H3. The summed E-state index contributed by atoms with van der Waals surface area (Å²) in [5.41, 5.74) is 4.25. The first-order valence-corrected chi connectivity index (χ1v) is 8.74. The van der Waals surface area contributed by atoms with Gasteiger partial charge in [0, 0.05) is 15.2 Å². The van der Waals surface area contributed by atoms with Crippen LogP contribution >= 0.6 is 23.4 Å². The molecule has 1 atom stereocenters. The van der Waals surface area contributed by atoms with E-state index in [1.807, 2.05) is 11.8 Å². The highest BCUT2D eigenvalue weighted by molar-refractivity contribution is 7.99.